The molecular weight excluding hydrogens is 274 g/mol. The Balaban J connectivity index is 2.29. The van der Waals surface area contributed by atoms with E-state index in [9.17, 15) is 0 Å². The van der Waals surface area contributed by atoms with E-state index >= 15 is 0 Å². The van der Waals surface area contributed by atoms with E-state index in [1.54, 1.807) is 18.3 Å². The van der Waals surface area contributed by atoms with Gasteiger partial charge in [0.15, 0.2) is 0 Å². The minimum Gasteiger partial charge on any atom is -0.368 e. The summed E-state index contributed by atoms with van der Waals surface area (Å²) in [4.78, 5) is 13.0. The molecule has 106 valence electrons. The molecule has 0 amide bonds. The minimum absolute atomic E-state index is 0.203. The van der Waals surface area contributed by atoms with E-state index in [0.29, 0.717) is 11.3 Å². The largest absolute Gasteiger partial charge is 0.368 e. The summed E-state index contributed by atoms with van der Waals surface area (Å²) in [5.41, 5.74) is 10.2. The highest BCUT2D eigenvalue weighted by Crippen LogP contribution is 2.32. The van der Waals surface area contributed by atoms with Gasteiger partial charge in [-0.25, -0.2) is 9.97 Å². The monoisotopic (exact) mass is 287 g/mol. The Bertz CT molecular complexity index is 866. The molecule has 2 N–H and O–H groups in total. The number of pyridine rings is 1. The van der Waals surface area contributed by atoms with Crippen molar-refractivity contribution in [3.8, 4) is 28.6 Å². The van der Waals surface area contributed by atoms with Crippen LogP contribution in [-0.4, -0.2) is 15.0 Å². The highest BCUT2D eigenvalue weighted by atomic mass is 15.0. The second-order valence-electron chi connectivity index (χ2n) is 4.80. The van der Waals surface area contributed by atoms with Crippen LogP contribution in [0, 0.1) is 18.3 Å². The van der Waals surface area contributed by atoms with E-state index in [4.69, 9.17) is 11.0 Å². The van der Waals surface area contributed by atoms with Gasteiger partial charge >= 0.3 is 0 Å². The number of aromatic nitrogens is 3. The van der Waals surface area contributed by atoms with E-state index in [1.165, 1.54) is 0 Å². The lowest BCUT2D eigenvalue weighted by Gasteiger charge is -2.12. The molecule has 22 heavy (non-hydrogen) atoms. The molecule has 2 heterocycles. The number of benzene rings is 1. The normalized spacial score (nSPS) is 10.2. The number of nitrogens with zero attached hydrogens (tertiary/aromatic N) is 4. The van der Waals surface area contributed by atoms with Crippen molar-refractivity contribution < 1.29 is 0 Å². The molecule has 0 fully saturated rings. The van der Waals surface area contributed by atoms with Crippen LogP contribution in [0.2, 0.25) is 0 Å². The Kier molecular flexibility index (Phi) is 3.50. The molecule has 0 unspecified atom stereocenters. The molecule has 0 aliphatic heterocycles. The fraction of sp³-hybridized carbons (Fsp3) is 0.0588. The predicted molar refractivity (Wildman–Crippen MR) is 84.6 cm³/mol. The van der Waals surface area contributed by atoms with Crippen LogP contribution in [-0.2, 0) is 0 Å². The summed E-state index contributed by atoms with van der Waals surface area (Å²) in [6.07, 6.45) is 1.72. The van der Waals surface area contributed by atoms with Crippen molar-refractivity contribution in [1.29, 1.82) is 5.26 Å². The number of anilines is 1. The first kappa shape index (κ1) is 13.7. The molecule has 5 heteroatoms. The summed E-state index contributed by atoms with van der Waals surface area (Å²) in [5.74, 6) is 0.203. The highest BCUT2D eigenvalue weighted by molar-refractivity contribution is 5.81. The molecule has 5 nitrogen and oxygen atoms in total. The number of rotatable bonds is 2. The summed E-state index contributed by atoms with van der Waals surface area (Å²) < 4.78 is 0. The smallest absolute Gasteiger partial charge is 0.220 e. The fourth-order valence-corrected chi connectivity index (χ4v) is 2.36. The highest BCUT2D eigenvalue weighted by Gasteiger charge is 2.15. The topological polar surface area (TPSA) is 88.5 Å². The van der Waals surface area contributed by atoms with E-state index < -0.39 is 0 Å². The van der Waals surface area contributed by atoms with Gasteiger partial charge in [-0.3, -0.25) is 4.98 Å². The van der Waals surface area contributed by atoms with Crippen molar-refractivity contribution in [3.05, 3.63) is 59.9 Å². The van der Waals surface area contributed by atoms with Crippen molar-refractivity contribution >= 4 is 5.95 Å². The fourth-order valence-electron chi connectivity index (χ4n) is 2.36. The first-order chi connectivity index (χ1) is 10.7. The third-order valence-electron chi connectivity index (χ3n) is 3.29. The molecule has 0 spiro atoms. The number of aryl methyl sites for hydroxylation is 1. The van der Waals surface area contributed by atoms with E-state index in [-0.39, 0.29) is 5.95 Å². The lowest BCUT2D eigenvalue weighted by atomic mass is 10.00. The molecule has 1 aromatic carbocycles. The zero-order valence-electron chi connectivity index (χ0n) is 12.0. The molecule has 0 saturated heterocycles. The van der Waals surface area contributed by atoms with Gasteiger partial charge in [-0.05, 0) is 31.2 Å². The van der Waals surface area contributed by atoms with Crippen molar-refractivity contribution in [1.82, 2.24) is 15.0 Å². The number of nitriles is 1. The Hall–Kier alpha value is -3.26. The summed E-state index contributed by atoms with van der Waals surface area (Å²) in [7, 11) is 0. The minimum atomic E-state index is 0.203. The van der Waals surface area contributed by atoms with Crippen LogP contribution in [0.1, 0.15) is 11.3 Å². The summed E-state index contributed by atoms with van der Waals surface area (Å²) in [5, 5.41) is 9.08. The molecule has 0 aliphatic rings. The number of hydrogen-bond acceptors (Lipinski definition) is 5. The number of nitrogens with two attached hydrogens (primary N) is 1. The van der Waals surface area contributed by atoms with Crippen LogP contribution in [0.5, 0.6) is 0 Å². The van der Waals surface area contributed by atoms with Crippen molar-refractivity contribution in [3.63, 3.8) is 0 Å². The van der Waals surface area contributed by atoms with Gasteiger partial charge in [-0.15, -0.1) is 0 Å². The van der Waals surface area contributed by atoms with Gasteiger partial charge in [0.25, 0.3) is 0 Å². The van der Waals surface area contributed by atoms with Gasteiger partial charge in [0.05, 0.1) is 28.7 Å². The molecule has 0 atom stereocenters. The molecule has 3 rings (SSSR count). The number of hydrogen-bond donors (Lipinski definition) is 1. The van der Waals surface area contributed by atoms with Crippen LogP contribution in [0.4, 0.5) is 5.95 Å². The van der Waals surface area contributed by atoms with Crippen LogP contribution >= 0.6 is 0 Å². The van der Waals surface area contributed by atoms with Gasteiger partial charge < -0.3 is 5.73 Å². The summed E-state index contributed by atoms with van der Waals surface area (Å²) in [6, 6.07) is 15.1. The van der Waals surface area contributed by atoms with E-state index in [2.05, 4.69) is 21.0 Å². The second-order valence-corrected chi connectivity index (χ2v) is 4.80. The maximum atomic E-state index is 9.08. The van der Waals surface area contributed by atoms with Crippen LogP contribution in [0.25, 0.3) is 22.5 Å². The zero-order chi connectivity index (χ0) is 15.5. The van der Waals surface area contributed by atoms with Crippen molar-refractivity contribution in [2.75, 3.05) is 5.73 Å². The molecule has 2 aromatic heterocycles. The van der Waals surface area contributed by atoms with Crippen molar-refractivity contribution in [2.45, 2.75) is 6.92 Å². The lowest BCUT2D eigenvalue weighted by molar-refractivity contribution is 1.12. The first-order valence-corrected chi connectivity index (χ1v) is 6.75. The average Bonchev–Trinajstić information content (AvgIpc) is 2.55. The molecule has 0 radical (unpaired) electrons. The van der Waals surface area contributed by atoms with Gasteiger partial charge in [0.2, 0.25) is 5.95 Å². The average molecular weight is 287 g/mol. The third-order valence-corrected chi connectivity index (χ3v) is 3.29. The molecule has 0 bridgehead atoms. The SMILES string of the molecule is Cc1nc(N)nc(-c2cccc(C#N)c2)c1-c1ccccn1. The second kappa shape index (κ2) is 5.62. The molecule has 3 aromatic rings. The van der Waals surface area contributed by atoms with Crippen LogP contribution < -0.4 is 5.73 Å². The maximum Gasteiger partial charge on any atom is 0.220 e. The van der Waals surface area contributed by atoms with Crippen molar-refractivity contribution in [2.24, 2.45) is 0 Å². The first-order valence-electron chi connectivity index (χ1n) is 6.75. The third kappa shape index (κ3) is 2.50. The van der Waals surface area contributed by atoms with Gasteiger partial charge in [-0.2, -0.15) is 5.26 Å². The Morgan fingerprint density at radius 2 is 1.95 bits per heavy atom. The van der Waals surface area contributed by atoms with E-state index in [1.807, 2.05) is 37.3 Å². The van der Waals surface area contributed by atoms with Crippen LogP contribution in [0.3, 0.4) is 0 Å². The lowest BCUT2D eigenvalue weighted by Crippen LogP contribution is -2.03. The zero-order valence-corrected chi connectivity index (χ0v) is 12.0. The van der Waals surface area contributed by atoms with E-state index in [0.717, 1.165) is 22.5 Å². The quantitative estimate of drug-likeness (QED) is 0.782. The van der Waals surface area contributed by atoms with Gasteiger partial charge in [-0.1, -0.05) is 18.2 Å². The number of nitrogen functional groups attached to an aromatic ring is 1. The Morgan fingerprint density at radius 1 is 1.09 bits per heavy atom. The summed E-state index contributed by atoms with van der Waals surface area (Å²) in [6.45, 7) is 1.87. The summed E-state index contributed by atoms with van der Waals surface area (Å²) >= 11 is 0. The molecular formula is C17H13N5. The Morgan fingerprint density at radius 3 is 2.68 bits per heavy atom. The Labute approximate surface area is 128 Å². The van der Waals surface area contributed by atoms with Crippen LogP contribution in [0.15, 0.2) is 48.7 Å². The van der Waals surface area contributed by atoms with Gasteiger partial charge in [0.1, 0.15) is 0 Å². The maximum absolute atomic E-state index is 9.08. The molecule has 0 aliphatic carbocycles. The standard InChI is InChI=1S/C17H13N5/c1-11-15(14-7-2-3-8-20-14)16(22-17(19)21-11)13-6-4-5-12(9-13)10-18/h2-9H,1H3,(H2,19,21,22). The molecule has 0 saturated carbocycles. The predicted octanol–water partition coefficient (Wildman–Crippen LogP) is 2.97. The van der Waals surface area contributed by atoms with Gasteiger partial charge in [0, 0.05) is 17.3 Å².